The number of esters is 1. The van der Waals surface area contributed by atoms with Gasteiger partial charge in [0.25, 0.3) is 11.8 Å². The number of carbonyl (C=O) groups excluding carboxylic acids is 3. The van der Waals surface area contributed by atoms with Crippen molar-refractivity contribution in [2.45, 2.75) is 57.0 Å². The molecule has 2 N–H and O–H groups in total. The third kappa shape index (κ3) is 6.14. The maximum atomic E-state index is 12.8. The lowest BCUT2D eigenvalue weighted by atomic mass is 10.1. The summed E-state index contributed by atoms with van der Waals surface area (Å²) < 4.78 is 29.5. The molecule has 12 heteroatoms. The highest BCUT2D eigenvalue weighted by Gasteiger charge is 2.35. The summed E-state index contributed by atoms with van der Waals surface area (Å²) in [7, 11) is -3.81. The minimum atomic E-state index is -3.81. The van der Waals surface area contributed by atoms with E-state index in [1.54, 1.807) is 0 Å². The van der Waals surface area contributed by atoms with E-state index in [1.807, 2.05) is 0 Å². The summed E-state index contributed by atoms with van der Waals surface area (Å²) in [5.41, 5.74) is 1.52. The Balaban J connectivity index is 1.34. The molecule has 1 aromatic heterocycles. The molecule has 1 aliphatic heterocycles. The lowest BCUT2D eigenvalue weighted by Gasteiger charge is -2.13. The number of hydrogen-bond acceptors (Lipinski definition) is 8. The molecule has 0 fully saturated rings. The highest BCUT2D eigenvalue weighted by atomic mass is 32.2. The van der Waals surface area contributed by atoms with Crippen molar-refractivity contribution in [3.8, 4) is 5.69 Å². The van der Waals surface area contributed by atoms with Gasteiger partial charge in [-0.15, -0.1) is 5.10 Å². The van der Waals surface area contributed by atoms with Gasteiger partial charge in [0.1, 0.15) is 12.3 Å². The molecule has 0 saturated carbocycles. The normalized spacial score (nSPS) is 13.2. The number of unbranched alkanes of at least 4 members (excludes halogenated alkanes) is 5. The Hall–Kier alpha value is -3.90. The smallest absolute Gasteiger partial charge is 0.338 e. The molecule has 0 spiro atoms. The first kappa shape index (κ1) is 27.1. The maximum Gasteiger partial charge on any atom is 0.338 e. The van der Waals surface area contributed by atoms with Gasteiger partial charge in [-0.05, 0) is 48.9 Å². The zero-order chi connectivity index (χ0) is 27.3. The Morgan fingerprint density at radius 1 is 0.947 bits per heavy atom. The molecule has 0 atom stereocenters. The van der Waals surface area contributed by atoms with Crippen molar-refractivity contribution in [3.63, 3.8) is 0 Å². The number of fused-ring (bicyclic) bond motifs is 1. The molecule has 2 aromatic carbocycles. The van der Waals surface area contributed by atoms with E-state index < -0.39 is 21.9 Å². The minimum absolute atomic E-state index is 0.0319. The SMILES string of the molecule is CCCCCCCCN1C(=O)c2ccc(C(=O)OCc3cn(-c4ccc(S(N)(=O)=O)cc4)nn3)cc2C1=O. The number of hydrogen-bond donors (Lipinski definition) is 1. The molecule has 0 radical (unpaired) electrons. The van der Waals surface area contributed by atoms with Crippen molar-refractivity contribution in [2.24, 2.45) is 5.14 Å². The van der Waals surface area contributed by atoms with Crippen LogP contribution in [0.25, 0.3) is 5.69 Å². The van der Waals surface area contributed by atoms with Crippen LogP contribution in [0.15, 0.2) is 53.6 Å². The lowest BCUT2D eigenvalue weighted by molar-refractivity contribution is 0.0467. The van der Waals surface area contributed by atoms with Gasteiger partial charge in [0.15, 0.2) is 0 Å². The Labute approximate surface area is 220 Å². The van der Waals surface area contributed by atoms with Crippen molar-refractivity contribution >= 4 is 27.8 Å². The van der Waals surface area contributed by atoms with Crippen LogP contribution in [0.5, 0.6) is 0 Å². The quantitative estimate of drug-likeness (QED) is 0.209. The summed E-state index contributed by atoms with van der Waals surface area (Å²) in [5, 5.41) is 13.0. The van der Waals surface area contributed by atoms with E-state index in [9.17, 15) is 22.8 Å². The van der Waals surface area contributed by atoms with Crippen molar-refractivity contribution in [1.29, 1.82) is 0 Å². The Morgan fingerprint density at radius 3 is 2.34 bits per heavy atom. The molecule has 0 saturated heterocycles. The second-order valence-electron chi connectivity index (χ2n) is 9.06. The zero-order valence-electron chi connectivity index (χ0n) is 21.0. The van der Waals surface area contributed by atoms with Gasteiger partial charge in [0.05, 0.1) is 33.5 Å². The van der Waals surface area contributed by atoms with Crippen molar-refractivity contribution in [3.05, 3.63) is 71.0 Å². The van der Waals surface area contributed by atoms with Crippen LogP contribution in [0, 0.1) is 0 Å². The summed E-state index contributed by atoms with van der Waals surface area (Å²) in [6.07, 6.45) is 7.80. The average molecular weight is 540 g/mol. The Bertz CT molecular complexity index is 1450. The van der Waals surface area contributed by atoms with Crippen LogP contribution in [-0.4, -0.2) is 52.6 Å². The third-order valence-electron chi connectivity index (χ3n) is 6.26. The molecule has 0 unspecified atom stereocenters. The van der Waals surface area contributed by atoms with Crippen LogP contribution in [0.2, 0.25) is 0 Å². The van der Waals surface area contributed by atoms with E-state index in [-0.39, 0.29) is 34.1 Å². The maximum absolute atomic E-state index is 12.8. The first-order chi connectivity index (χ1) is 18.2. The second kappa shape index (κ2) is 11.7. The fourth-order valence-corrected chi connectivity index (χ4v) is 4.69. The van der Waals surface area contributed by atoms with E-state index in [0.717, 1.165) is 32.1 Å². The predicted octanol–water partition coefficient (Wildman–Crippen LogP) is 3.23. The number of nitrogens with zero attached hydrogens (tertiary/aromatic N) is 4. The zero-order valence-corrected chi connectivity index (χ0v) is 21.8. The molecule has 200 valence electrons. The fourth-order valence-electron chi connectivity index (χ4n) is 4.17. The molecule has 0 aliphatic carbocycles. The van der Waals surface area contributed by atoms with Crippen LogP contribution in [0.3, 0.4) is 0 Å². The third-order valence-corrected chi connectivity index (χ3v) is 7.19. The Morgan fingerprint density at radius 2 is 1.63 bits per heavy atom. The molecule has 2 amide bonds. The van der Waals surface area contributed by atoms with Crippen LogP contribution >= 0.6 is 0 Å². The van der Waals surface area contributed by atoms with Gasteiger partial charge in [-0.1, -0.05) is 44.2 Å². The predicted molar refractivity (Wildman–Crippen MR) is 137 cm³/mol. The fraction of sp³-hybridized carbons (Fsp3) is 0.346. The van der Waals surface area contributed by atoms with Crippen molar-refractivity contribution in [2.75, 3.05) is 6.54 Å². The highest BCUT2D eigenvalue weighted by Crippen LogP contribution is 2.25. The molecule has 4 rings (SSSR count). The first-order valence-corrected chi connectivity index (χ1v) is 14.0. The molecule has 1 aliphatic rings. The number of carbonyl (C=O) groups is 3. The number of rotatable bonds is 12. The lowest BCUT2D eigenvalue weighted by Crippen LogP contribution is -2.30. The summed E-state index contributed by atoms with van der Waals surface area (Å²) in [6, 6.07) is 10.1. The minimum Gasteiger partial charge on any atom is -0.455 e. The summed E-state index contributed by atoms with van der Waals surface area (Å²) in [4.78, 5) is 39.4. The number of amides is 2. The summed E-state index contributed by atoms with van der Waals surface area (Å²) >= 11 is 0. The van der Waals surface area contributed by atoms with Gasteiger partial charge in [0.2, 0.25) is 10.0 Å². The molecule has 11 nitrogen and oxygen atoms in total. The number of nitrogens with two attached hydrogens (primary N) is 1. The standard InChI is InChI=1S/C26H29N5O6S/c1-2-3-4-5-6-7-14-30-24(32)22-13-8-18(15-23(22)25(30)33)26(34)37-17-19-16-31(29-28-19)20-9-11-21(12-10-20)38(27,35)36/h8-13,15-16H,2-7,14,17H2,1H3,(H2,27,35,36). The highest BCUT2D eigenvalue weighted by molar-refractivity contribution is 7.89. The van der Waals surface area contributed by atoms with Gasteiger partial charge < -0.3 is 4.74 Å². The average Bonchev–Trinajstić information content (AvgIpc) is 3.47. The van der Waals surface area contributed by atoms with E-state index in [0.29, 0.717) is 17.9 Å². The topological polar surface area (TPSA) is 155 Å². The molecular weight excluding hydrogens is 510 g/mol. The van der Waals surface area contributed by atoms with Gasteiger partial charge in [0, 0.05) is 6.54 Å². The second-order valence-corrected chi connectivity index (χ2v) is 10.6. The number of aromatic nitrogens is 3. The van der Waals surface area contributed by atoms with Crippen LogP contribution in [-0.2, 0) is 21.4 Å². The van der Waals surface area contributed by atoms with Gasteiger partial charge in [-0.3, -0.25) is 14.5 Å². The molecule has 2 heterocycles. The van der Waals surface area contributed by atoms with Crippen LogP contribution in [0.4, 0.5) is 0 Å². The first-order valence-electron chi connectivity index (χ1n) is 12.4. The number of imide groups is 1. The van der Waals surface area contributed by atoms with Gasteiger partial charge in [-0.2, -0.15) is 0 Å². The van der Waals surface area contributed by atoms with E-state index in [2.05, 4.69) is 17.2 Å². The Kier molecular flexibility index (Phi) is 8.32. The van der Waals surface area contributed by atoms with E-state index >= 15 is 0 Å². The van der Waals surface area contributed by atoms with E-state index in [4.69, 9.17) is 9.88 Å². The monoisotopic (exact) mass is 539 g/mol. The molecule has 38 heavy (non-hydrogen) atoms. The number of ether oxygens (including phenoxy) is 1. The molecular formula is C26H29N5O6S. The number of primary sulfonamides is 1. The van der Waals surface area contributed by atoms with Gasteiger partial charge in [-0.25, -0.2) is 23.0 Å². The molecule has 3 aromatic rings. The van der Waals surface area contributed by atoms with Crippen molar-refractivity contribution in [1.82, 2.24) is 19.9 Å². The largest absolute Gasteiger partial charge is 0.455 e. The van der Waals surface area contributed by atoms with E-state index in [1.165, 1.54) is 64.7 Å². The number of sulfonamides is 1. The van der Waals surface area contributed by atoms with Gasteiger partial charge >= 0.3 is 5.97 Å². The number of benzene rings is 2. The summed E-state index contributed by atoms with van der Waals surface area (Å²) in [5.74, 6) is -1.41. The van der Waals surface area contributed by atoms with Crippen molar-refractivity contribution < 1.29 is 27.5 Å². The molecule has 0 bridgehead atoms. The van der Waals surface area contributed by atoms with Crippen LogP contribution < -0.4 is 5.14 Å². The van der Waals surface area contributed by atoms with Crippen LogP contribution in [0.1, 0.15) is 82.2 Å². The summed E-state index contributed by atoms with van der Waals surface area (Å²) in [6.45, 7) is 2.33.